The minimum atomic E-state index is -1.32. The highest BCUT2D eigenvalue weighted by Crippen LogP contribution is 2.29. The zero-order valence-corrected chi connectivity index (χ0v) is 22.0. The number of aromatic nitrogens is 1. The number of ether oxygens (including phenoxy) is 1. The zero-order chi connectivity index (χ0) is 26.5. The summed E-state index contributed by atoms with van der Waals surface area (Å²) in [5.74, 6) is 0.661. The molecule has 1 aromatic heterocycles. The van der Waals surface area contributed by atoms with Crippen molar-refractivity contribution in [1.29, 1.82) is 0 Å². The average Bonchev–Trinajstić information content (AvgIpc) is 3.17. The number of carbonyl (C=O) groups is 2. The molecule has 0 radical (unpaired) electrons. The van der Waals surface area contributed by atoms with E-state index in [1.54, 1.807) is 12.1 Å². The summed E-state index contributed by atoms with van der Waals surface area (Å²) in [4.78, 5) is 28.2. The second-order valence-electron chi connectivity index (χ2n) is 9.21. The molecule has 0 bridgehead atoms. The van der Waals surface area contributed by atoms with Gasteiger partial charge in [0.15, 0.2) is 5.60 Å². The third-order valence-electron chi connectivity index (χ3n) is 5.67. The van der Waals surface area contributed by atoms with Gasteiger partial charge in [-0.1, -0.05) is 23.7 Å². The van der Waals surface area contributed by atoms with Crippen LogP contribution in [-0.4, -0.2) is 40.7 Å². The van der Waals surface area contributed by atoms with Gasteiger partial charge in [-0.3, -0.25) is 4.79 Å². The molecule has 3 N–H and O–H groups in total. The summed E-state index contributed by atoms with van der Waals surface area (Å²) in [5, 5.41) is 16.0. The first-order valence-electron chi connectivity index (χ1n) is 11.7. The van der Waals surface area contributed by atoms with Crippen LogP contribution < -0.4 is 15.4 Å². The number of aryl methyl sites for hydroxylation is 3. The summed E-state index contributed by atoms with van der Waals surface area (Å²) in [6, 6.07) is 11.1. The van der Waals surface area contributed by atoms with E-state index in [4.69, 9.17) is 20.8 Å². The molecule has 9 heteroatoms. The lowest BCUT2D eigenvalue weighted by Gasteiger charge is -2.24. The normalized spacial score (nSPS) is 11.4. The third-order valence-corrected chi connectivity index (χ3v) is 5.93. The van der Waals surface area contributed by atoms with Crippen molar-refractivity contribution in [2.45, 2.75) is 53.2 Å². The Bertz CT molecular complexity index is 1210. The highest BCUT2D eigenvalue weighted by atomic mass is 35.5. The molecule has 0 spiro atoms. The van der Waals surface area contributed by atoms with Crippen molar-refractivity contribution in [3.05, 3.63) is 69.6 Å². The number of hydrogen-bond acceptors (Lipinski definition) is 6. The number of halogens is 1. The largest absolute Gasteiger partial charge is 0.478 e. The number of benzene rings is 2. The molecule has 0 aliphatic heterocycles. The number of carboxylic acid groups (broad SMARTS) is 1. The van der Waals surface area contributed by atoms with Gasteiger partial charge in [-0.2, -0.15) is 0 Å². The van der Waals surface area contributed by atoms with Crippen LogP contribution in [-0.2, 0) is 22.6 Å². The molecule has 0 unspecified atom stereocenters. The van der Waals surface area contributed by atoms with Gasteiger partial charge < -0.3 is 24.9 Å². The van der Waals surface area contributed by atoms with Crippen LogP contribution in [0.1, 0.15) is 42.0 Å². The number of carboxylic acids is 1. The molecule has 8 nitrogen and oxygen atoms in total. The van der Waals surface area contributed by atoms with Gasteiger partial charge in [-0.15, -0.1) is 0 Å². The van der Waals surface area contributed by atoms with E-state index in [-0.39, 0.29) is 12.5 Å². The van der Waals surface area contributed by atoms with Gasteiger partial charge in [0.1, 0.15) is 11.5 Å². The van der Waals surface area contributed by atoms with E-state index >= 15 is 0 Å². The number of oxazole rings is 1. The Labute approximate surface area is 216 Å². The smallest absolute Gasteiger partial charge is 0.347 e. The van der Waals surface area contributed by atoms with Crippen LogP contribution in [0, 0.1) is 20.8 Å². The first kappa shape index (κ1) is 27.2. The SMILES string of the molecule is Cc1cc(CNCC(=O)NCCc2nc(-c3ccc(Cl)cc3)oc2C)cc(C)c1OC(C)(C)C(=O)O. The standard InChI is InChI=1S/C27H32ClN3O5/c1-16-12-19(13-17(2)24(16)36-27(4,5)26(33)34)14-29-15-23(32)30-11-10-22-18(3)35-25(31-22)20-6-8-21(28)9-7-20/h6-9,12-13,29H,10-11,14-15H2,1-5H3,(H,30,32)(H,33,34). The van der Waals surface area contributed by atoms with Crippen molar-refractivity contribution < 1.29 is 23.8 Å². The van der Waals surface area contributed by atoms with Crippen LogP contribution in [0.25, 0.3) is 11.5 Å². The lowest BCUT2D eigenvalue weighted by Crippen LogP contribution is -2.38. The molecule has 1 heterocycles. The quantitative estimate of drug-likeness (QED) is 0.343. The molecule has 0 atom stereocenters. The number of carbonyl (C=O) groups excluding carboxylic acids is 1. The monoisotopic (exact) mass is 513 g/mol. The Balaban J connectivity index is 1.46. The average molecular weight is 514 g/mol. The maximum absolute atomic E-state index is 12.3. The maximum Gasteiger partial charge on any atom is 0.347 e. The molecule has 3 rings (SSSR count). The second-order valence-corrected chi connectivity index (χ2v) is 9.64. The number of hydrogen-bond donors (Lipinski definition) is 3. The molecule has 1 amide bonds. The van der Waals surface area contributed by atoms with Crippen molar-refractivity contribution in [3.63, 3.8) is 0 Å². The van der Waals surface area contributed by atoms with E-state index in [0.717, 1.165) is 33.7 Å². The van der Waals surface area contributed by atoms with Crippen LogP contribution in [0.5, 0.6) is 5.75 Å². The van der Waals surface area contributed by atoms with Crippen molar-refractivity contribution in [1.82, 2.24) is 15.6 Å². The minimum absolute atomic E-state index is 0.120. The Morgan fingerprint density at radius 2 is 1.75 bits per heavy atom. The summed E-state index contributed by atoms with van der Waals surface area (Å²) < 4.78 is 11.5. The first-order valence-corrected chi connectivity index (χ1v) is 12.1. The van der Waals surface area contributed by atoms with Crippen LogP contribution in [0.4, 0.5) is 0 Å². The molecular formula is C27H32ClN3O5. The molecule has 3 aromatic rings. The van der Waals surface area contributed by atoms with E-state index in [1.807, 2.05) is 45.0 Å². The molecule has 0 aliphatic rings. The van der Waals surface area contributed by atoms with E-state index in [0.29, 0.717) is 36.2 Å². The highest BCUT2D eigenvalue weighted by Gasteiger charge is 2.30. The Morgan fingerprint density at radius 1 is 1.11 bits per heavy atom. The minimum Gasteiger partial charge on any atom is -0.478 e. The molecule has 192 valence electrons. The van der Waals surface area contributed by atoms with Gasteiger partial charge in [-0.25, -0.2) is 9.78 Å². The number of nitrogens with one attached hydrogen (secondary N) is 2. The van der Waals surface area contributed by atoms with Crippen LogP contribution in [0.3, 0.4) is 0 Å². The summed E-state index contributed by atoms with van der Waals surface area (Å²) >= 11 is 5.94. The van der Waals surface area contributed by atoms with Crippen molar-refractivity contribution in [2.75, 3.05) is 13.1 Å². The Kier molecular flexibility index (Phi) is 8.76. The predicted molar refractivity (Wildman–Crippen MR) is 138 cm³/mol. The molecule has 0 saturated heterocycles. The maximum atomic E-state index is 12.3. The fourth-order valence-electron chi connectivity index (χ4n) is 3.68. The molecule has 0 fully saturated rings. The van der Waals surface area contributed by atoms with Gasteiger partial charge in [0.25, 0.3) is 0 Å². The fraction of sp³-hybridized carbons (Fsp3) is 0.370. The van der Waals surface area contributed by atoms with E-state index in [2.05, 4.69) is 15.6 Å². The summed E-state index contributed by atoms with van der Waals surface area (Å²) in [6.07, 6.45) is 0.557. The highest BCUT2D eigenvalue weighted by molar-refractivity contribution is 6.30. The fourth-order valence-corrected chi connectivity index (χ4v) is 3.81. The molecule has 0 saturated carbocycles. The molecule has 2 aromatic carbocycles. The summed E-state index contributed by atoms with van der Waals surface area (Å²) in [5.41, 5.74) is 2.98. The second kappa shape index (κ2) is 11.6. The first-order chi connectivity index (χ1) is 17.0. The Hall–Kier alpha value is -3.36. The molecule has 0 aliphatic carbocycles. The van der Waals surface area contributed by atoms with Crippen LogP contribution >= 0.6 is 11.6 Å². The lowest BCUT2D eigenvalue weighted by atomic mass is 10.0. The summed E-state index contributed by atoms with van der Waals surface area (Å²) in [7, 11) is 0. The van der Waals surface area contributed by atoms with Crippen LogP contribution in [0.15, 0.2) is 40.8 Å². The van der Waals surface area contributed by atoms with Gasteiger partial charge in [0.2, 0.25) is 11.8 Å². The predicted octanol–water partition coefficient (Wildman–Crippen LogP) is 4.61. The lowest BCUT2D eigenvalue weighted by molar-refractivity contribution is -0.152. The Morgan fingerprint density at radius 3 is 2.36 bits per heavy atom. The summed E-state index contributed by atoms with van der Waals surface area (Å²) in [6.45, 7) is 9.74. The van der Waals surface area contributed by atoms with E-state index < -0.39 is 11.6 Å². The van der Waals surface area contributed by atoms with E-state index in [9.17, 15) is 14.7 Å². The number of amides is 1. The van der Waals surface area contributed by atoms with Crippen LogP contribution in [0.2, 0.25) is 5.02 Å². The van der Waals surface area contributed by atoms with E-state index in [1.165, 1.54) is 13.8 Å². The van der Waals surface area contributed by atoms with Gasteiger partial charge in [0.05, 0.1) is 12.2 Å². The number of rotatable bonds is 11. The van der Waals surface area contributed by atoms with Crippen molar-refractivity contribution in [3.8, 4) is 17.2 Å². The van der Waals surface area contributed by atoms with Gasteiger partial charge in [-0.05, 0) is 75.6 Å². The van der Waals surface area contributed by atoms with Crippen molar-refractivity contribution in [2.24, 2.45) is 0 Å². The number of nitrogens with zero attached hydrogens (tertiary/aromatic N) is 1. The van der Waals surface area contributed by atoms with Crippen molar-refractivity contribution >= 4 is 23.5 Å². The van der Waals surface area contributed by atoms with Gasteiger partial charge in [0, 0.05) is 30.1 Å². The zero-order valence-electron chi connectivity index (χ0n) is 21.2. The number of aliphatic carboxylic acids is 1. The third kappa shape index (κ3) is 7.08. The topological polar surface area (TPSA) is 114 Å². The molecule has 36 heavy (non-hydrogen) atoms. The molecular weight excluding hydrogens is 482 g/mol. The van der Waals surface area contributed by atoms with Gasteiger partial charge >= 0.3 is 5.97 Å².